The molecule has 0 amide bonds. The lowest BCUT2D eigenvalue weighted by molar-refractivity contribution is 0.0697. The van der Waals surface area contributed by atoms with Gasteiger partial charge in [-0.3, -0.25) is 5.43 Å². The number of carboxylic acid groups (broad SMARTS) is 1. The molecule has 0 radical (unpaired) electrons. The Labute approximate surface area is 115 Å². The third-order valence-corrected chi connectivity index (χ3v) is 2.73. The van der Waals surface area contributed by atoms with Crippen LogP contribution in [0, 0.1) is 0 Å². The van der Waals surface area contributed by atoms with Crippen LogP contribution in [0.2, 0.25) is 5.02 Å². The number of benzene rings is 2. The zero-order valence-electron chi connectivity index (χ0n) is 9.88. The van der Waals surface area contributed by atoms with Gasteiger partial charge in [0.2, 0.25) is 0 Å². The second-order valence-electron chi connectivity index (χ2n) is 3.78. The van der Waals surface area contributed by atoms with Gasteiger partial charge in [0, 0.05) is 0 Å². The smallest absolute Gasteiger partial charge is 0.337 e. The Morgan fingerprint density at radius 1 is 1.21 bits per heavy atom. The SMILES string of the molecule is O=C(O)c1cc(NN=Cc2ccccc2)ccc1Cl. The normalized spacial score (nSPS) is 10.6. The Morgan fingerprint density at radius 3 is 2.63 bits per heavy atom. The quantitative estimate of drug-likeness (QED) is 0.663. The molecular formula is C14H11ClN2O2. The summed E-state index contributed by atoms with van der Waals surface area (Å²) >= 11 is 5.77. The van der Waals surface area contributed by atoms with Gasteiger partial charge in [0.1, 0.15) is 0 Å². The topological polar surface area (TPSA) is 61.7 Å². The van der Waals surface area contributed by atoms with Crippen LogP contribution in [0.3, 0.4) is 0 Å². The molecule has 0 atom stereocenters. The fraction of sp³-hybridized carbons (Fsp3) is 0. The van der Waals surface area contributed by atoms with E-state index in [1.54, 1.807) is 12.3 Å². The van der Waals surface area contributed by atoms with Crippen molar-refractivity contribution in [1.29, 1.82) is 0 Å². The Bertz CT molecular complexity index is 612. The maximum Gasteiger partial charge on any atom is 0.337 e. The molecule has 19 heavy (non-hydrogen) atoms. The summed E-state index contributed by atoms with van der Waals surface area (Å²) in [6.07, 6.45) is 1.65. The lowest BCUT2D eigenvalue weighted by Gasteiger charge is -2.03. The van der Waals surface area contributed by atoms with Gasteiger partial charge in [0.05, 0.1) is 22.5 Å². The molecule has 4 nitrogen and oxygen atoms in total. The molecule has 2 N–H and O–H groups in total. The zero-order chi connectivity index (χ0) is 13.7. The summed E-state index contributed by atoms with van der Waals surface area (Å²) in [4.78, 5) is 10.9. The minimum Gasteiger partial charge on any atom is -0.478 e. The number of halogens is 1. The number of rotatable bonds is 4. The number of carboxylic acids is 1. The summed E-state index contributed by atoms with van der Waals surface area (Å²) in [5.74, 6) is -1.07. The number of aromatic carboxylic acids is 1. The zero-order valence-corrected chi connectivity index (χ0v) is 10.6. The molecule has 0 aliphatic heterocycles. The van der Waals surface area contributed by atoms with Gasteiger partial charge in [-0.15, -0.1) is 0 Å². The van der Waals surface area contributed by atoms with Crippen LogP contribution in [0.4, 0.5) is 5.69 Å². The van der Waals surface area contributed by atoms with Crippen molar-refractivity contribution in [1.82, 2.24) is 0 Å². The molecule has 2 aromatic rings. The third-order valence-electron chi connectivity index (χ3n) is 2.40. The Morgan fingerprint density at radius 2 is 1.95 bits per heavy atom. The van der Waals surface area contributed by atoms with Crippen LogP contribution in [0.25, 0.3) is 0 Å². The fourth-order valence-electron chi connectivity index (χ4n) is 1.48. The highest BCUT2D eigenvalue weighted by Crippen LogP contribution is 2.20. The van der Waals surface area contributed by atoms with Crippen LogP contribution in [0.5, 0.6) is 0 Å². The van der Waals surface area contributed by atoms with Crippen molar-refractivity contribution in [3.8, 4) is 0 Å². The second-order valence-corrected chi connectivity index (χ2v) is 4.19. The molecule has 0 saturated heterocycles. The van der Waals surface area contributed by atoms with Crippen LogP contribution < -0.4 is 5.43 Å². The van der Waals surface area contributed by atoms with Crippen molar-refractivity contribution in [2.75, 3.05) is 5.43 Å². The van der Waals surface area contributed by atoms with E-state index >= 15 is 0 Å². The summed E-state index contributed by atoms with van der Waals surface area (Å²) in [6.45, 7) is 0. The molecule has 0 unspecified atom stereocenters. The first-order chi connectivity index (χ1) is 9.16. The molecule has 0 aliphatic carbocycles. The highest BCUT2D eigenvalue weighted by atomic mass is 35.5. The molecule has 2 rings (SSSR count). The van der Waals surface area contributed by atoms with Crippen LogP contribution in [0.15, 0.2) is 53.6 Å². The van der Waals surface area contributed by atoms with Crippen molar-refractivity contribution in [2.45, 2.75) is 0 Å². The van der Waals surface area contributed by atoms with Gasteiger partial charge in [0.15, 0.2) is 0 Å². The molecule has 0 spiro atoms. The summed E-state index contributed by atoms with van der Waals surface area (Å²) in [5.41, 5.74) is 4.32. The van der Waals surface area contributed by atoms with Gasteiger partial charge < -0.3 is 5.11 Å². The highest BCUT2D eigenvalue weighted by molar-refractivity contribution is 6.33. The number of hydrazone groups is 1. The molecular weight excluding hydrogens is 264 g/mol. The van der Waals surface area contributed by atoms with E-state index < -0.39 is 5.97 Å². The van der Waals surface area contributed by atoms with E-state index in [1.165, 1.54) is 12.1 Å². The Kier molecular flexibility index (Phi) is 4.15. The number of nitrogens with one attached hydrogen (secondary N) is 1. The third kappa shape index (κ3) is 3.56. The minimum absolute atomic E-state index is 0.0431. The largest absolute Gasteiger partial charge is 0.478 e. The summed E-state index contributed by atoms with van der Waals surface area (Å²) in [6, 6.07) is 14.2. The van der Waals surface area contributed by atoms with Gasteiger partial charge in [-0.25, -0.2) is 4.79 Å². The Hall–Kier alpha value is -2.33. The van der Waals surface area contributed by atoms with E-state index in [1.807, 2.05) is 30.3 Å². The van der Waals surface area contributed by atoms with Crippen molar-refractivity contribution in [2.24, 2.45) is 5.10 Å². The van der Waals surface area contributed by atoms with Crippen molar-refractivity contribution < 1.29 is 9.90 Å². The first-order valence-corrected chi connectivity index (χ1v) is 5.91. The van der Waals surface area contributed by atoms with Gasteiger partial charge in [-0.2, -0.15) is 5.10 Å². The van der Waals surface area contributed by atoms with Crippen LogP contribution in [0.1, 0.15) is 15.9 Å². The predicted molar refractivity (Wildman–Crippen MR) is 76.1 cm³/mol. The molecule has 96 valence electrons. The fourth-order valence-corrected chi connectivity index (χ4v) is 1.68. The average molecular weight is 275 g/mol. The van der Waals surface area contributed by atoms with Gasteiger partial charge >= 0.3 is 5.97 Å². The molecule has 0 aromatic heterocycles. The van der Waals surface area contributed by atoms with Crippen molar-refractivity contribution >= 4 is 29.5 Å². The average Bonchev–Trinajstić information content (AvgIpc) is 2.41. The van der Waals surface area contributed by atoms with E-state index in [-0.39, 0.29) is 10.6 Å². The number of nitrogens with zero attached hydrogens (tertiary/aromatic N) is 1. The van der Waals surface area contributed by atoms with Crippen molar-refractivity contribution in [3.63, 3.8) is 0 Å². The summed E-state index contributed by atoms with van der Waals surface area (Å²) in [7, 11) is 0. The Balaban J connectivity index is 2.10. The first kappa shape index (κ1) is 13.1. The molecule has 0 saturated carbocycles. The molecule has 2 aromatic carbocycles. The van der Waals surface area contributed by atoms with E-state index in [2.05, 4.69) is 10.5 Å². The molecule has 0 heterocycles. The summed E-state index contributed by atoms with van der Waals surface area (Å²) < 4.78 is 0. The minimum atomic E-state index is -1.07. The maximum absolute atomic E-state index is 10.9. The predicted octanol–water partition coefficient (Wildman–Crippen LogP) is 3.48. The molecule has 0 aliphatic rings. The number of anilines is 1. The van der Waals surface area contributed by atoms with Crippen molar-refractivity contribution in [3.05, 3.63) is 64.7 Å². The van der Waals surface area contributed by atoms with Gasteiger partial charge in [0.25, 0.3) is 0 Å². The van der Waals surface area contributed by atoms with E-state index in [9.17, 15) is 4.79 Å². The number of hydrogen-bond donors (Lipinski definition) is 2. The van der Waals surface area contributed by atoms with Crippen LogP contribution in [-0.2, 0) is 0 Å². The maximum atomic E-state index is 10.9. The molecule has 5 heteroatoms. The lowest BCUT2D eigenvalue weighted by atomic mass is 10.2. The van der Waals surface area contributed by atoms with Crippen LogP contribution >= 0.6 is 11.6 Å². The van der Waals surface area contributed by atoms with E-state index in [0.717, 1.165) is 5.56 Å². The second kappa shape index (κ2) is 6.02. The highest BCUT2D eigenvalue weighted by Gasteiger charge is 2.08. The first-order valence-electron chi connectivity index (χ1n) is 5.54. The van der Waals surface area contributed by atoms with Crippen LogP contribution in [-0.4, -0.2) is 17.3 Å². The molecule has 0 bridgehead atoms. The summed E-state index contributed by atoms with van der Waals surface area (Å²) in [5, 5.41) is 13.2. The number of carbonyl (C=O) groups is 1. The van der Waals surface area contributed by atoms with Gasteiger partial charge in [-0.1, -0.05) is 41.9 Å². The van der Waals surface area contributed by atoms with E-state index in [4.69, 9.17) is 16.7 Å². The lowest BCUT2D eigenvalue weighted by Crippen LogP contribution is -1.99. The standard InChI is InChI=1S/C14H11ClN2O2/c15-13-7-6-11(8-12(13)14(18)19)17-16-9-10-4-2-1-3-5-10/h1-9,17H,(H,18,19). The number of hydrogen-bond acceptors (Lipinski definition) is 3. The monoisotopic (exact) mass is 274 g/mol. The molecule has 0 fully saturated rings. The van der Waals surface area contributed by atoms with E-state index in [0.29, 0.717) is 5.69 Å². The van der Waals surface area contributed by atoms with Gasteiger partial charge in [-0.05, 0) is 23.8 Å².